The van der Waals surface area contributed by atoms with Gasteiger partial charge in [-0.2, -0.15) is 0 Å². The molecule has 0 aromatic heterocycles. The van der Waals surface area contributed by atoms with E-state index in [4.69, 9.17) is 4.74 Å². The second-order valence-electron chi connectivity index (χ2n) is 9.22. The number of nitrogens with zero attached hydrogens (tertiary/aromatic N) is 2. The molecule has 0 aliphatic heterocycles. The second-order valence-corrected chi connectivity index (χ2v) is 11.1. The van der Waals surface area contributed by atoms with E-state index in [0.29, 0.717) is 18.9 Å². The van der Waals surface area contributed by atoms with Crippen molar-refractivity contribution in [2.75, 3.05) is 24.0 Å². The monoisotopic (exact) mass is 569 g/mol. The summed E-state index contributed by atoms with van der Waals surface area (Å²) in [5.41, 5.74) is 1.01. The summed E-state index contributed by atoms with van der Waals surface area (Å²) in [6.07, 6.45) is 1.70. The van der Waals surface area contributed by atoms with Crippen molar-refractivity contribution in [1.82, 2.24) is 10.2 Å². The van der Waals surface area contributed by atoms with E-state index in [1.54, 1.807) is 31.2 Å². The van der Waals surface area contributed by atoms with Crippen LogP contribution in [0, 0.1) is 5.82 Å². The van der Waals surface area contributed by atoms with Gasteiger partial charge in [0.2, 0.25) is 11.8 Å². The first-order valence-corrected chi connectivity index (χ1v) is 14.7. The molecule has 3 rings (SSSR count). The standard InChI is InChI=1S/C30H36FN3O5S/c1-4-6-20-32-30(36)23(3)33(21-24-10-8-7-9-11-24)29(35)22-34(26-14-16-27(17-15-26)39-5-2)40(37,38)28-18-12-25(31)13-19-28/h7-19,23H,4-6,20-22H2,1-3H3,(H,32,36)/t23-/m1/s1. The smallest absolute Gasteiger partial charge is 0.264 e. The summed E-state index contributed by atoms with van der Waals surface area (Å²) in [6, 6.07) is 19.0. The van der Waals surface area contributed by atoms with Crippen molar-refractivity contribution < 1.29 is 27.1 Å². The zero-order valence-electron chi connectivity index (χ0n) is 23.0. The third-order valence-electron chi connectivity index (χ3n) is 6.31. The van der Waals surface area contributed by atoms with Gasteiger partial charge in [0.05, 0.1) is 17.2 Å². The third kappa shape index (κ3) is 8.05. The molecule has 2 amide bonds. The minimum atomic E-state index is -4.28. The van der Waals surface area contributed by atoms with Gasteiger partial charge in [0.15, 0.2) is 0 Å². The van der Waals surface area contributed by atoms with E-state index in [-0.39, 0.29) is 23.0 Å². The summed E-state index contributed by atoms with van der Waals surface area (Å²) < 4.78 is 47.6. The van der Waals surface area contributed by atoms with Crippen LogP contribution in [-0.2, 0) is 26.2 Å². The number of hydrogen-bond acceptors (Lipinski definition) is 5. The number of amides is 2. The highest BCUT2D eigenvalue weighted by Crippen LogP contribution is 2.27. The number of rotatable bonds is 14. The van der Waals surface area contributed by atoms with Crippen molar-refractivity contribution >= 4 is 27.5 Å². The molecule has 0 bridgehead atoms. The van der Waals surface area contributed by atoms with E-state index in [1.807, 2.05) is 44.2 Å². The molecule has 0 spiro atoms. The molecular formula is C30H36FN3O5S. The van der Waals surface area contributed by atoms with Gasteiger partial charge in [0.25, 0.3) is 10.0 Å². The number of carbonyl (C=O) groups excluding carboxylic acids is 2. The summed E-state index contributed by atoms with van der Waals surface area (Å²) in [5.74, 6) is -0.937. The van der Waals surface area contributed by atoms with Crippen LogP contribution in [0.15, 0.2) is 83.8 Å². The zero-order valence-corrected chi connectivity index (χ0v) is 23.9. The van der Waals surface area contributed by atoms with Gasteiger partial charge in [-0.25, -0.2) is 12.8 Å². The Morgan fingerprint density at radius 2 is 1.60 bits per heavy atom. The fraction of sp³-hybridized carbons (Fsp3) is 0.333. The lowest BCUT2D eigenvalue weighted by Gasteiger charge is -2.32. The van der Waals surface area contributed by atoms with E-state index in [1.165, 1.54) is 4.90 Å². The predicted octanol–water partition coefficient (Wildman–Crippen LogP) is 4.75. The number of carbonyl (C=O) groups is 2. The first-order chi connectivity index (χ1) is 19.2. The molecule has 0 radical (unpaired) electrons. The molecule has 0 saturated heterocycles. The SMILES string of the molecule is CCCCNC(=O)[C@@H](C)N(Cc1ccccc1)C(=O)CN(c1ccc(OCC)cc1)S(=O)(=O)c1ccc(F)cc1. The molecule has 40 heavy (non-hydrogen) atoms. The molecule has 3 aromatic carbocycles. The molecule has 214 valence electrons. The van der Waals surface area contributed by atoms with Gasteiger partial charge in [-0.05, 0) is 74.4 Å². The van der Waals surface area contributed by atoms with Crippen molar-refractivity contribution in [3.63, 3.8) is 0 Å². The van der Waals surface area contributed by atoms with Crippen molar-refractivity contribution in [3.8, 4) is 5.75 Å². The van der Waals surface area contributed by atoms with E-state index < -0.39 is 34.3 Å². The fourth-order valence-corrected chi connectivity index (χ4v) is 5.45. The Hall–Kier alpha value is -3.92. The van der Waals surface area contributed by atoms with Crippen molar-refractivity contribution in [2.45, 2.75) is 51.1 Å². The van der Waals surface area contributed by atoms with E-state index >= 15 is 0 Å². The molecule has 3 aromatic rings. The first-order valence-electron chi connectivity index (χ1n) is 13.3. The van der Waals surface area contributed by atoms with Crippen LogP contribution in [0.2, 0.25) is 0 Å². The van der Waals surface area contributed by atoms with Crippen LogP contribution in [0.25, 0.3) is 0 Å². The number of nitrogens with one attached hydrogen (secondary N) is 1. The van der Waals surface area contributed by atoms with Gasteiger partial charge in [-0.15, -0.1) is 0 Å². The van der Waals surface area contributed by atoms with Crippen LogP contribution < -0.4 is 14.4 Å². The van der Waals surface area contributed by atoms with Crippen molar-refractivity contribution in [2.24, 2.45) is 0 Å². The highest BCUT2D eigenvalue weighted by atomic mass is 32.2. The Kier molecular flexibility index (Phi) is 11.1. The average molecular weight is 570 g/mol. The Morgan fingerprint density at radius 3 is 2.20 bits per heavy atom. The number of benzene rings is 3. The Labute approximate surface area is 235 Å². The predicted molar refractivity (Wildman–Crippen MR) is 153 cm³/mol. The van der Waals surface area contributed by atoms with Crippen LogP contribution in [0.5, 0.6) is 5.75 Å². The summed E-state index contributed by atoms with van der Waals surface area (Å²) >= 11 is 0. The third-order valence-corrected chi connectivity index (χ3v) is 8.10. The largest absolute Gasteiger partial charge is 0.494 e. The molecule has 0 unspecified atom stereocenters. The lowest BCUT2D eigenvalue weighted by molar-refractivity contribution is -0.139. The van der Waals surface area contributed by atoms with E-state index in [9.17, 15) is 22.4 Å². The number of halogens is 1. The molecule has 0 aliphatic rings. The minimum absolute atomic E-state index is 0.107. The maximum absolute atomic E-state index is 13.9. The zero-order chi connectivity index (χ0) is 29.1. The molecule has 1 N–H and O–H groups in total. The maximum atomic E-state index is 13.9. The van der Waals surface area contributed by atoms with Gasteiger partial charge in [-0.3, -0.25) is 13.9 Å². The topological polar surface area (TPSA) is 96.0 Å². The Balaban J connectivity index is 1.99. The number of hydrogen-bond donors (Lipinski definition) is 1. The van der Waals surface area contributed by atoms with Crippen LogP contribution in [0.4, 0.5) is 10.1 Å². The minimum Gasteiger partial charge on any atom is -0.494 e. The summed E-state index contributed by atoms with van der Waals surface area (Å²) in [4.78, 5) is 28.0. The quantitative estimate of drug-likeness (QED) is 0.283. The van der Waals surface area contributed by atoms with Gasteiger partial charge in [-0.1, -0.05) is 43.7 Å². The number of ether oxygens (including phenoxy) is 1. The van der Waals surface area contributed by atoms with Crippen LogP contribution in [0.3, 0.4) is 0 Å². The van der Waals surface area contributed by atoms with Crippen molar-refractivity contribution in [3.05, 3.63) is 90.2 Å². The van der Waals surface area contributed by atoms with Gasteiger partial charge < -0.3 is 15.0 Å². The molecule has 0 fully saturated rings. The van der Waals surface area contributed by atoms with Crippen LogP contribution in [0.1, 0.15) is 39.2 Å². The molecule has 0 aliphatic carbocycles. The molecule has 0 heterocycles. The highest BCUT2D eigenvalue weighted by molar-refractivity contribution is 7.92. The summed E-state index contributed by atoms with van der Waals surface area (Å²) in [6.45, 7) is 5.91. The summed E-state index contributed by atoms with van der Waals surface area (Å²) in [7, 11) is -4.28. The molecular weight excluding hydrogens is 533 g/mol. The molecule has 10 heteroatoms. The number of unbranched alkanes of at least 4 members (excludes halogenated alkanes) is 1. The van der Waals surface area contributed by atoms with Crippen molar-refractivity contribution in [1.29, 1.82) is 0 Å². The van der Waals surface area contributed by atoms with Gasteiger partial charge in [0.1, 0.15) is 24.2 Å². The second kappa shape index (κ2) is 14.5. The Bertz CT molecular complexity index is 1350. The maximum Gasteiger partial charge on any atom is 0.264 e. The van der Waals surface area contributed by atoms with Gasteiger partial charge in [0, 0.05) is 13.1 Å². The summed E-state index contributed by atoms with van der Waals surface area (Å²) in [5, 5.41) is 2.85. The number of sulfonamides is 1. The van der Waals surface area contributed by atoms with Gasteiger partial charge >= 0.3 is 0 Å². The van der Waals surface area contributed by atoms with Crippen LogP contribution in [-0.4, -0.2) is 50.9 Å². The normalized spacial score (nSPS) is 11.9. The Morgan fingerprint density at radius 1 is 0.950 bits per heavy atom. The molecule has 1 atom stereocenters. The first kappa shape index (κ1) is 30.6. The average Bonchev–Trinajstić information content (AvgIpc) is 2.95. The molecule has 0 saturated carbocycles. The van der Waals surface area contributed by atoms with E-state index in [2.05, 4.69) is 5.32 Å². The number of anilines is 1. The fourth-order valence-electron chi connectivity index (χ4n) is 4.04. The molecule has 8 nitrogen and oxygen atoms in total. The van der Waals surface area contributed by atoms with E-state index in [0.717, 1.165) is 47.0 Å². The lowest BCUT2D eigenvalue weighted by Crippen LogP contribution is -2.51. The lowest BCUT2D eigenvalue weighted by atomic mass is 10.1. The van der Waals surface area contributed by atoms with Crippen LogP contribution >= 0.6 is 0 Å². The highest BCUT2D eigenvalue weighted by Gasteiger charge is 2.32.